The van der Waals surface area contributed by atoms with Crippen LogP contribution in [0.25, 0.3) is 0 Å². The molecule has 1 saturated heterocycles. The highest BCUT2D eigenvalue weighted by Gasteiger charge is 2.28. The molecule has 0 aromatic rings. The van der Waals surface area contributed by atoms with E-state index in [0.29, 0.717) is 6.42 Å². The monoisotopic (exact) mass is 236 g/mol. The Bertz CT molecular complexity index is 333. The second kappa shape index (κ2) is 5.13. The van der Waals surface area contributed by atoms with Crippen molar-refractivity contribution < 1.29 is 26.9 Å². The van der Waals surface area contributed by atoms with E-state index in [-0.39, 0.29) is 19.0 Å². The van der Waals surface area contributed by atoms with Crippen LogP contribution in [0.2, 0.25) is 0 Å². The molecule has 15 heavy (non-hydrogen) atoms. The van der Waals surface area contributed by atoms with E-state index in [1.807, 2.05) is 0 Å². The Labute approximate surface area is 87.9 Å². The predicted octanol–water partition coefficient (Wildman–Crippen LogP) is 0.444. The van der Waals surface area contributed by atoms with Crippen LogP contribution in [-0.2, 0) is 23.8 Å². The Hall–Kier alpha value is -1.08. The van der Waals surface area contributed by atoms with E-state index in [2.05, 4.69) is 15.5 Å². The molecular weight excluding hydrogens is 224 g/mol. The van der Waals surface area contributed by atoms with E-state index in [4.69, 9.17) is 4.74 Å². The third kappa shape index (κ3) is 4.30. The minimum atomic E-state index is -3.55. The smallest absolute Gasteiger partial charge is 0.430 e. The molecule has 0 bridgehead atoms. The molecule has 0 aromatic carbocycles. The van der Waals surface area contributed by atoms with E-state index in [1.54, 1.807) is 0 Å². The highest BCUT2D eigenvalue weighted by molar-refractivity contribution is 7.86. The van der Waals surface area contributed by atoms with Crippen molar-refractivity contribution in [3.63, 3.8) is 0 Å². The number of ether oxygens (including phenoxy) is 2. The van der Waals surface area contributed by atoms with E-state index in [0.717, 1.165) is 0 Å². The van der Waals surface area contributed by atoms with Crippen molar-refractivity contribution in [2.45, 2.75) is 12.5 Å². The molecule has 1 aliphatic heterocycles. The molecule has 0 amide bonds. The molecule has 0 N–H and O–H groups in total. The molecule has 7 heteroatoms. The van der Waals surface area contributed by atoms with Crippen LogP contribution in [0.3, 0.4) is 0 Å². The second-order valence-corrected chi connectivity index (χ2v) is 4.61. The molecule has 86 valence electrons. The fourth-order valence-electron chi connectivity index (χ4n) is 1.06. The van der Waals surface area contributed by atoms with Crippen molar-refractivity contribution >= 4 is 16.3 Å². The van der Waals surface area contributed by atoms with Crippen LogP contribution < -0.4 is 0 Å². The van der Waals surface area contributed by atoms with Gasteiger partial charge in [0.2, 0.25) is 0 Å². The Morgan fingerprint density at radius 1 is 1.60 bits per heavy atom. The maximum Gasteiger partial charge on any atom is 0.508 e. The van der Waals surface area contributed by atoms with Crippen LogP contribution in [0.4, 0.5) is 4.79 Å². The lowest BCUT2D eigenvalue weighted by Crippen LogP contribution is -2.34. The summed E-state index contributed by atoms with van der Waals surface area (Å²) in [5.41, 5.74) is 0. The van der Waals surface area contributed by atoms with Gasteiger partial charge in [-0.15, -0.1) is 0 Å². The molecule has 1 unspecified atom stereocenters. The number of carbonyl (C=O) groups is 1. The molecule has 0 spiro atoms. The van der Waals surface area contributed by atoms with Crippen LogP contribution in [0.1, 0.15) is 6.42 Å². The van der Waals surface area contributed by atoms with Crippen molar-refractivity contribution in [2.24, 2.45) is 0 Å². The summed E-state index contributed by atoms with van der Waals surface area (Å²) >= 11 is 0. The Balaban J connectivity index is 2.38. The van der Waals surface area contributed by atoms with Crippen molar-refractivity contribution in [1.29, 1.82) is 0 Å². The van der Waals surface area contributed by atoms with Gasteiger partial charge in [0.1, 0.15) is 18.5 Å². The zero-order valence-electron chi connectivity index (χ0n) is 8.05. The lowest BCUT2D eigenvalue weighted by atomic mass is 10.3. The number of carbonyl (C=O) groups excluding carboxylic acids is 1. The first-order valence-corrected chi connectivity index (χ1v) is 5.92. The Morgan fingerprint density at radius 3 is 2.93 bits per heavy atom. The van der Waals surface area contributed by atoms with Crippen LogP contribution >= 0.6 is 0 Å². The molecule has 0 saturated carbocycles. The zero-order valence-corrected chi connectivity index (χ0v) is 8.86. The standard InChI is InChI=1S/C8H12O6S/c1-2-4-12-8(9)14-7-3-5-13-15(10,11)6-7/h2,7H,1,3-6H2. The maximum absolute atomic E-state index is 11.0. The van der Waals surface area contributed by atoms with Gasteiger partial charge in [0, 0.05) is 6.42 Å². The van der Waals surface area contributed by atoms with Crippen molar-refractivity contribution in [2.75, 3.05) is 19.0 Å². The topological polar surface area (TPSA) is 78.9 Å². The van der Waals surface area contributed by atoms with Gasteiger partial charge in [-0.25, -0.2) is 4.79 Å². The molecular formula is C8H12O6S. The first-order valence-electron chi connectivity index (χ1n) is 4.35. The first kappa shape index (κ1) is 12.0. The molecule has 6 nitrogen and oxygen atoms in total. The van der Waals surface area contributed by atoms with Crippen LogP contribution in [0.5, 0.6) is 0 Å². The normalized spacial score (nSPS) is 24.1. The number of hydrogen-bond acceptors (Lipinski definition) is 6. The van der Waals surface area contributed by atoms with Crippen LogP contribution in [-0.4, -0.2) is 39.6 Å². The summed E-state index contributed by atoms with van der Waals surface area (Å²) in [5.74, 6) is -0.323. The van der Waals surface area contributed by atoms with Gasteiger partial charge in [-0.1, -0.05) is 12.7 Å². The SMILES string of the molecule is C=CCOC(=O)OC1CCOS(=O)(=O)C1. The summed E-state index contributed by atoms with van der Waals surface area (Å²) in [6.07, 6.45) is 0.155. The maximum atomic E-state index is 11.0. The highest BCUT2D eigenvalue weighted by atomic mass is 32.2. The van der Waals surface area contributed by atoms with Gasteiger partial charge in [-0.05, 0) is 0 Å². The molecule has 1 aliphatic rings. The Kier molecular flexibility index (Phi) is 4.10. The van der Waals surface area contributed by atoms with Crippen molar-refractivity contribution in [3.8, 4) is 0 Å². The fraction of sp³-hybridized carbons (Fsp3) is 0.625. The van der Waals surface area contributed by atoms with E-state index in [9.17, 15) is 13.2 Å². The van der Waals surface area contributed by atoms with Gasteiger partial charge in [-0.2, -0.15) is 8.42 Å². The predicted molar refractivity (Wildman–Crippen MR) is 50.8 cm³/mol. The lowest BCUT2D eigenvalue weighted by Gasteiger charge is -2.21. The third-order valence-electron chi connectivity index (χ3n) is 1.67. The van der Waals surface area contributed by atoms with Crippen molar-refractivity contribution in [3.05, 3.63) is 12.7 Å². The van der Waals surface area contributed by atoms with Gasteiger partial charge in [-0.3, -0.25) is 4.18 Å². The summed E-state index contributed by atoms with van der Waals surface area (Å²) in [5, 5.41) is 0. The van der Waals surface area contributed by atoms with Gasteiger partial charge in [0.25, 0.3) is 10.1 Å². The minimum Gasteiger partial charge on any atom is -0.430 e. The number of hydrogen-bond donors (Lipinski definition) is 0. The largest absolute Gasteiger partial charge is 0.508 e. The number of rotatable bonds is 3. The van der Waals surface area contributed by atoms with Crippen LogP contribution in [0.15, 0.2) is 12.7 Å². The molecule has 0 aliphatic carbocycles. The summed E-state index contributed by atoms with van der Waals surface area (Å²) < 4.78 is 35.8. The molecule has 1 rings (SSSR count). The Morgan fingerprint density at radius 2 is 2.33 bits per heavy atom. The van der Waals surface area contributed by atoms with Crippen molar-refractivity contribution in [1.82, 2.24) is 0 Å². The average Bonchev–Trinajstić information content (AvgIpc) is 2.13. The lowest BCUT2D eigenvalue weighted by molar-refractivity contribution is 0.0249. The van der Waals surface area contributed by atoms with Gasteiger partial charge < -0.3 is 9.47 Å². The molecule has 0 radical (unpaired) electrons. The zero-order chi connectivity index (χ0) is 11.3. The average molecular weight is 236 g/mol. The molecule has 1 heterocycles. The van der Waals surface area contributed by atoms with E-state index in [1.165, 1.54) is 6.08 Å². The van der Waals surface area contributed by atoms with E-state index < -0.39 is 22.4 Å². The van der Waals surface area contributed by atoms with Gasteiger partial charge in [0.15, 0.2) is 0 Å². The highest BCUT2D eigenvalue weighted by Crippen LogP contribution is 2.13. The quantitative estimate of drug-likeness (QED) is 0.402. The van der Waals surface area contributed by atoms with Gasteiger partial charge >= 0.3 is 6.16 Å². The molecule has 0 aromatic heterocycles. The summed E-state index contributed by atoms with van der Waals surface area (Å²) in [6.45, 7) is 3.42. The summed E-state index contributed by atoms with van der Waals surface area (Å²) in [7, 11) is -3.55. The molecule has 1 fully saturated rings. The summed E-state index contributed by atoms with van der Waals surface area (Å²) in [4.78, 5) is 11.0. The summed E-state index contributed by atoms with van der Waals surface area (Å²) in [6, 6.07) is 0. The first-order chi connectivity index (χ1) is 7.03. The minimum absolute atomic E-state index is 0.0295. The van der Waals surface area contributed by atoms with Crippen LogP contribution in [0, 0.1) is 0 Å². The van der Waals surface area contributed by atoms with E-state index >= 15 is 0 Å². The third-order valence-corrected chi connectivity index (χ3v) is 2.98. The van der Waals surface area contributed by atoms with Gasteiger partial charge in [0.05, 0.1) is 6.61 Å². The molecule has 1 atom stereocenters. The fourth-order valence-corrected chi connectivity index (χ4v) is 2.19. The second-order valence-electron chi connectivity index (χ2n) is 2.92.